The van der Waals surface area contributed by atoms with E-state index in [1.54, 1.807) is 24.3 Å². The first-order valence-corrected chi connectivity index (χ1v) is 11.6. The van der Waals surface area contributed by atoms with Crippen molar-refractivity contribution in [3.63, 3.8) is 0 Å². The molecular formula is C22H21ClN2O4S. The molecule has 2 aliphatic rings. The average Bonchev–Trinajstić information content (AvgIpc) is 2.72. The van der Waals surface area contributed by atoms with Crippen LogP contribution in [0.4, 0.5) is 0 Å². The minimum absolute atomic E-state index is 0.0372. The Balaban J connectivity index is 1.83. The van der Waals surface area contributed by atoms with Gasteiger partial charge in [0.05, 0.1) is 4.90 Å². The number of nitrogens with zero attached hydrogens (tertiary/aromatic N) is 1. The number of allylic oxidation sites excluding steroid dienone is 2. The summed E-state index contributed by atoms with van der Waals surface area (Å²) in [6.45, 7) is 3.25. The number of likely N-dealkylation sites (tertiary alicyclic amines) is 1. The maximum atomic E-state index is 13.3. The Morgan fingerprint density at radius 3 is 2.27 bits per heavy atom. The van der Waals surface area contributed by atoms with Crippen LogP contribution >= 0.6 is 11.6 Å². The molecule has 0 bridgehead atoms. The lowest BCUT2D eigenvalue weighted by atomic mass is 9.88. The van der Waals surface area contributed by atoms with Crippen molar-refractivity contribution < 1.29 is 18.0 Å². The Hall–Kier alpha value is -2.64. The second kappa shape index (κ2) is 7.89. The molecule has 30 heavy (non-hydrogen) atoms. The van der Waals surface area contributed by atoms with Crippen molar-refractivity contribution in [3.8, 4) is 0 Å². The van der Waals surface area contributed by atoms with Gasteiger partial charge in [0, 0.05) is 29.2 Å². The molecule has 2 aromatic rings. The fraction of sp³-hybridized carbons (Fsp3) is 0.273. The minimum Gasteiger partial charge on any atom is -0.366 e. The molecule has 6 nitrogen and oxygen atoms in total. The molecule has 1 fully saturated rings. The predicted octanol–water partition coefficient (Wildman–Crippen LogP) is 3.64. The van der Waals surface area contributed by atoms with Crippen molar-refractivity contribution >= 4 is 33.2 Å². The van der Waals surface area contributed by atoms with Gasteiger partial charge in [-0.15, -0.1) is 0 Å². The fourth-order valence-corrected chi connectivity index (χ4v) is 5.15. The second-order valence-electron chi connectivity index (χ2n) is 7.68. The normalized spacial score (nSPS) is 19.7. The highest BCUT2D eigenvalue weighted by Gasteiger charge is 2.38. The highest BCUT2D eigenvalue weighted by Crippen LogP contribution is 2.31. The molecule has 0 saturated carbocycles. The van der Waals surface area contributed by atoms with E-state index < -0.39 is 15.8 Å². The molecule has 0 spiro atoms. The monoisotopic (exact) mass is 444 g/mol. The molecule has 1 aliphatic heterocycles. The van der Waals surface area contributed by atoms with Crippen LogP contribution in [0.5, 0.6) is 0 Å². The molecule has 0 aromatic heterocycles. The van der Waals surface area contributed by atoms with Gasteiger partial charge >= 0.3 is 0 Å². The van der Waals surface area contributed by atoms with E-state index in [0.717, 1.165) is 12.8 Å². The Kier molecular flexibility index (Phi) is 5.42. The van der Waals surface area contributed by atoms with Crippen LogP contribution in [0.3, 0.4) is 0 Å². The van der Waals surface area contributed by atoms with Crippen molar-refractivity contribution in [2.45, 2.75) is 24.7 Å². The summed E-state index contributed by atoms with van der Waals surface area (Å²) in [5.41, 5.74) is 0.431. The average molecular weight is 445 g/mol. The zero-order valence-corrected chi connectivity index (χ0v) is 18.0. The molecule has 2 aromatic carbocycles. The fourth-order valence-electron chi connectivity index (χ4n) is 3.96. The summed E-state index contributed by atoms with van der Waals surface area (Å²) in [7, 11) is -4.09. The number of carbonyl (C=O) groups is 2. The van der Waals surface area contributed by atoms with E-state index in [2.05, 4.69) is 11.6 Å². The molecule has 8 heteroatoms. The van der Waals surface area contributed by atoms with E-state index in [1.807, 2.05) is 4.90 Å². The van der Waals surface area contributed by atoms with Crippen molar-refractivity contribution in [1.82, 2.24) is 9.62 Å². The third kappa shape index (κ3) is 3.75. The number of hydrogen-bond acceptors (Lipinski definition) is 5. The molecule has 4 rings (SSSR count). The highest BCUT2D eigenvalue weighted by atomic mass is 35.5. The largest absolute Gasteiger partial charge is 0.366 e. The van der Waals surface area contributed by atoms with Crippen LogP contribution in [-0.4, -0.2) is 38.0 Å². The van der Waals surface area contributed by atoms with Gasteiger partial charge in [0.15, 0.2) is 0 Å². The van der Waals surface area contributed by atoms with Gasteiger partial charge in [-0.2, -0.15) is 0 Å². The van der Waals surface area contributed by atoms with E-state index in [0.29, 0.717) is 29.6 Å². The number of benzene rings is 2. The number of ketones is 2. The lowest BCUT2D eigenvalue weighted by Gasteiger charge is -2.36. The van der Waals surface area contributed by atoms with E-state index in [1.165, 1.54) is 24.3 Å². The van der Waals surface area contributed by atoms with Crippen LogP contribution in [0.2, 0.25) is 5.02 Å². The number of halogens is 1. The van der Waals surface area contributed by atoms with Crippen molar-refractivity contribution in [2.24, 2.45) is 5.92 Å². The summed E-state index contributed by atoms with van der Waals surface area (Å²) in [5, 5.41) is 0.397. The van der Waals surface area contributed by atoms with Crippen LogP contribution in [-0.2, 0) is 10.0 Å². The second-order valence-corrected chi connectivity index (χ2v) is 9.80. The number of Topliss-reactive ketones (excluding diaryl/α,β-unsaturated/α-hetero) is 2. The first-order valence-electron chi connectivity index (χ1n) is 9.74. The maximum Gasteiger partial charge on any atom is 0.262 e. The lowest BCUT2D eigenvalue weighted by molar-refractivity contribution is 0.0920. The zero-order chi connectivity index (χ0) is 21.5. The Bertz CT molecular complexity index is 1160. The summed E-state index contributed by atoms with van der Waals surface area (Å²) in [6.07, 6.45) is 1.89. The molecule has 1 unspecified atom stereocenters. The third-order valence-corrected chi connectivity index (χ3v) is 7.05. The van der Waals surface area contributed by atoms with Crippen LogP contribution in [0.1, 0.15) is 40.5 Å². The van der Waals surface area contributed by atoms with Crippen molar-refractivity contribution in [2.75, 3.05) is 13.1 Å². The predicted molar refractivity (Wildman–Crippen MR) is 114 cm³/mol. The quantitative estimate of drug-likeness (QED) is 0.778. The Morgan fingerprint density at radius 1 is 1.00 bits per heavy atom. The Morgan fingerprint density at radius 2 is 1.63 bits per heavy atom. The number of nitrogens with one attached hydrogen (secondary N) is 1. The summed E-state index contributed by atoms with van der Waals surface area (Å²) in [4.78, 5) is 28.4. The minimum atomic E-state index is -4.09. The molecule has 0 amide bonds. The van der Waals surface area contributed by atoms with E-state index in [4.69, 9.17) is 11.6 Å². The lowest BCUT2D eigenvalue weighted by Crippen LogP contribution is -2.43. The molecule has 1 heterocycles. The molecule has 156 valence electrons. The first-order chi connectivity index (χ1) is 14.3. The van der Waals surface area contributed by atoms with Crippen LogP contribution < -0.4 is 4.72 Å². The van der Waals surface area contributed by atoms with E-state index in [-0.39, 0.29) is 27.6 Å². The van der Waals surface area contributed by atoms with Crippen molar-refractivity contribution in [3.05, 3.63) is 76.1 Å². The first kappa shape index (κ1) is 20.6. The topological polar surface area (TPSA) is 83.6 Å². The van der Waals surface area contributed by atoms with Crippen LogP contribution in [0.25, 0.3) is 0 Å². The number of hydrogen-bond donors (Lipinski definition) is 1. The summed E-state index contributed by atoms with van der Waals surface area (Å²) < 4.78 is 28.4. The van der Waals surface area contributed by atoms with Crippen LogP contribution in [0.15, 0.2) is 64.8 Å². The maximum absolute atomic E-state index is 13.3. The van der Waals surface area contributed by atoms with Crippen LogP contribution in [0, 0.1) is 5.92 Å². The van der Waals surface area contributed by atoms with Gasteiger partial charge in [-0.05, 0) is 43.0 Å². The number of carbonyl (C=O) groups excluding carboxylic acids is 2. The Labute approximate surface area is 180 Å². The number of fused-ring (bicyclic) bond motifs is 1. The van der Waals surface area contributed by atoms with Gasteiger partial charge in [-0.25, -0.2) is 8.42 Å². The van der Waals surface area contributed by atoms with Crippen molar-refractivity contribution in [1.29, 1.82) is 0 Å². The highest BCUT2D eigenvalue weighted by molar-refractivity contribution is 7.89. The SMILES string of the molecule is CC1CCCN(C2=C(NS(=O)(=O)c3ccc(Cl)cc3)C(=O)c3ccccc3C2=O)C1. The standard InChI is InChI=1S/C22H21ClN2O4S/c1-14-5-4-12-25(13-14)20-19(21(26)17-6-2-3-7-18(17)22(20)27)24-30(28,29)16-10-8-15(23)9-11-16/h2-3,6-11,14,24H,4-5,12-13H2,1H3. The zero-order valence-electron chi connectivity index (χ0n) is 16.4. The van der Waals surface area contributed by atoms with Gasteiger partial charge in [-0.3, -0.25) is 14.3 Å². The van der Waals surface area contributed by atoms with E-state index >= 15 is 0 Å². The number of rotatable bonds is 4. The van der Waals surface area contributed by atoms with E-state index in [9.17, 15) is 18.0 Å². The molecular weight excluding hydrogens is 424 g/mol. The van der Waals surface area contributed by atoms with Gasteiger partial charge in [0.25, 0.3) is 10.0 Å². The number of piperidine rings is 1. The summed E-state index contributed by atoms with van der Waals surface area (Å²) in [6, 6.07) is 12.1. The number of sulfonamides is 1. The van der Waals surface area contributed by atoms with Gasteiger partial charge < -0.3 is 4.90 Å². The third-order valence-electron chi connectivity index (χ3n) is 5.43. The van der Waals surface area contributed by atoms with Gasteiger partial charge in [0.1, 0.15) is 11.4 Å². The molecule has 0 radical (unpaired) electrons. The van der Waals surface area contributed by atoms with Gasteiger partial charge in [-0.1, -0.05) is 42.8 Å². The summed E-state index contributed by atoms with van der Waals surface area (Å²) in [5.74, 6) is -0.510. The smallest absolute Gasteiger partial charge is 0.262 e. The molecule has 1 N–H and O–H groups in total. The van der Waals surface area contributed by atoms with Gasteiger partial charge in [0.2, 0.25) is 11.6 Å². The molecule has 1 aliphatic carbocycles. The summed E-state index contributed by atoms with van der Waals surface area (Å²) >= 11 is 5.86. The molecule has 1 saturated heterocycles. The molecule has 1 atom stereocenters.